The van der Waals surface area contributed by atoms with E-state index in [1.807, 2.05) is 6.07 Å². The van der Waals surface area contributed by atoms with Gasteiger partial charge in [0.25, 0.3) is 5.91 Å². The van der Waals surface area contributed by atoms with Crippen molar-refractivity contribution in [2.24, 2.45) is 5.92 Å². The van der Waals surface area contributed by atoms with Gasteiger partial charge < -0.3 is 24.4 Å². The molecule has 7 nitrogen and oxygen atoms in total. The summed E-state index contributed by atoms with van der Waals surface area (Å²) in [5.74, 6) is -0.894. The first-order valence-electron chi connectivity index (χ1n) is 10.0. The molecule has 31 heavy (non-hydrogen) atoms. The maximum absolute atomic E-state index is 14.2. The molecule has 1 heterocycles. The number of rotatable bonds is 8. The molecule has 166 valence electrons. The molecule has 1 fully saturated rings. The molecule has 2 aromatic carbocycles. The summed E-state index contributed by atoms with van der Waals surface area (Å²) in [4.78, 5) is 27.5. The second kappa shape index (κ2) is 10.3. The summed E-state index contributed by atoms with van der Waals surface area (Å²) in [5.41, 5.74) is 0.747. The minimum atomic E-state index is -0.587. The lowest BCUT2D eigenvalue weighted by Crippen LogP contribution is -2.37. The van der Waals surface area contributed by atoms with E-state index in [1.165, 1.54) is 23.1 Å². The van der Waals surface area contributed by atoms with Crippen LogP contribution in [0.25, 0.3) is 0 Å². The average Bonchev–Trinajstić information content (AvgIpc) is 3.24. The van der Waals surface area contributed by atoms with E-state index in [9.17, 15) is 14.0 Å². The van der Waals surface area contributed by atoms with E-state index in [1.54, 1.807) is 39.5 Å². The van der Waals surface area contributed by atoms with Crippen molar-refractivity contribution >= 4 is 11.8 Å². The van der Waals surface area contributed by atoms with Crippen LogP contribution >= 0.6 is 0 Å². The third-order valence-electron chi connectivity index (χ3n) is 5.49. The van der Waals surface area contributed by atoms with Gasteiger partial charge in [-0.25, -0.2) is 4.39 Å². The van der Waals surface area contributed by atoms with Gasteiger partial charge in [-0.2, -0.15) is 0 Å². The molecule has 3 rings (SSSR count). The molecule has 0 radical (unpaired) electrons. The van der Waals surface area contributed by atoms with Gasteiger partial charge >= 0.3 is 0 Å². The number of amides is 2. The van der Waals surface area contributed by atoms with Gasteiger partial charge in [-0.3, -0.25) is 9.59 Å². The number of likely N-dealkylation sites (tertiary alicyclic amines) is 1. The summed E-state index contributed by atoms with van der Waals surface area (Å²) < 4.78 is 30.1. The molecule has 0 spiro atoms. The molecule has 2 aromatic rings. The highest BCUT2D eigenvalue weighted by Crippen LogP contribution is 2.40. The van der Waals surface area contributed by atoms with Crippen LogP contribution in [-0.2, 0) is 9.53 Å². The number of ether oxygens (including phenoxy) is 3. The molecule has 2 amide bonds. The molecule has 1 N–H and O–H groups in total. The van der Waals surface area contributed by atoms with Crippen LogP contribution < -0.4 is 14.8 Å². The van der Waals surface area contributed by atoms with E-state index >= 15 is 0 Å². The fraction of sp³-hybridized carbons (Fsp3) is 0.391. The van der Waals surface area contributed by atoms with Crippen molar-refractivity contribution in [1.82, 2.24) is 10.2 Å². The third kappa shape index (κ3) is 4.96. The Hall–Kier alpha value is -3.13. The Morgan fingerprint density at radius 3 is 2.55 bits per heavy atom. The molecule has 8 heteroatoms. The van der Waals surface area contributed by atoms with Crippen LogP contribution in [-0.4, -0.2) is 64.3 Å². The van der Waals surface area contributed by atoms with Gasteiger partial charge in [-0.05, 0) is 30.3 Å². The Morgan fingerprint density at radius 2 is 1.87 bits per heavy atom. The molecule has 1 saturated heterocycles. The monoisotopic (exact) mass is 430 g/mol. The first-order valence-corrected chi connectivity index (χ1v) is 10.0. The number of carbonyl (C=O) groups excluding carboxylic acids is 2. The van der Waals surface area contributed by atoms with Gasteiger partial charge in [0.05, 0.1) is 32.3 Å². The van der Waals surface area contributed by atoms with Crippen molar-refractivity contribution in [3.05, 3.63) is 59.4 Å². The number of methoxy groups -OCH3 is 3. The minimum Gasteiger partial charge on any atom is -0.497 e. The first-order chi connectivity index (χ1) is 15.0. The molecular formula is C23H27FN2O5. The summed E-state index contributed by atoms with van der Waals surface area (Å²) >= 11 is 0. The summed E-state index contributed by atoms with van der Waals surface area (Å²) in [7, 11) is 4.67. The number of nitrogens with one attached hydrogen (secondary N) is 1. The maximum Gasteiger partial charge on any atom is 0.256 e. The van der Waals surface area contributed by atoms with E-state index in [0.29, 0.717) is 24.7 Å². The Balaban J connectivity index is 1.94. The van der Waals surface area contributed by atoms with Crippen molar-refractivity contribution in [2.45, 2.75) is 5.92 Å². The number of nitrogens with zero attached hydrogens (tertiary/aromatic N) is 1. The van der Waals surface area contributed by atoms with Gasteiger partial charge in [-0.15, -0.1) is 0 Å². The van der Waals surface area contributed by atoms with E-state index in [0.717, 1.165) is 5.56 Å². The molecule has 0 aliphatic carbocycles. The van der Waals surface area contributed by atoms with Crippen LogP contribution in [0.1, 0.15) is 21.8 Å². The largest absolute Gasteiger partial charge is 0.497 e. The van der Waals surface area contributed by atoms with Crippen molar-refractivity contribution < 1.29 is 28.2 Å². The second-order valence-electron chi connectivity index (χ2n) is 7.29. The molecule has 1 aliphatic rings. The van der Waals surface area contributed by atoms with E-state index < -0.39 is 17.6 Å². The lowest BCUT2D eigenvalue weighted by atomic mass is 9.87. The van der Waals surface area contributed by atoms with Crippen LogP contribution in [0.2, 0.25) is 0 Å². The highest BCUT2D eigenvalue weighted by molar-refractivity contribution is 5.95. The van der Waals surface area contributed by atoms with Crippen LogP contribution in [0, 0.1) is 11.7 Å². The second-order valence-corrected chi connectivity index (χ2v) is 7.29. The maximum atomic E-state index is 14.2. The summed E-state index contributed by atoms with van der Waals surface area (Å²) in [6.07, 6.45) is 0. The smallest absolute Gasteiger partial charge is 0.256 e. The number of hydrogen-bond donors (Lipinski definition) is 1. The minimum absolute atomic E-state index is 0.0145. The third-order valence-corrected chi connectivity index (χ3v) is 5.49. The van der Waals surface area contributed by atoms with Gasteiger partial charge in [0.1, 0.15) is 17.3 Å². The molecule has 2 atom stereocenters. The lowest BCUT2D eigenvalue weighted by Gasteiger charge is -2.21. The SMILES string of the molecule is COCCNC(=O)[C@@H]1CN(C(=O)c2ccccc2F)C[C@@H]1c1cc(OC)ccc1OC. The summed E-state index contributed by atoms with van der Waals surface area (Å²) in [6.45, 7) is 1.15. The molecule has 0 unspecified atom stereocenters. The quantitative estimate of drug-likeness (QED) is 0.651. The number of hydrogen-bond acceptors (Lipinski definition) is 5. The molecular weight excluding hydrogens is 403 g/mol. The van der Waals surface area contributed by atoms with E-state index in [-0.39, 0.29) is 30.5 Å². The van der Waals surface area contributed by atoms with Gasteiger partial charge in [0.2, 0.25) is 5.91 Å². The zero-order valence-corrected chi connectivity index (χ0v) is 17.9. The van der Waals surface area contributed by atoms with Gasteiger partial charge in [-0.1, -0.05) is 12.1 Å². The number of benzene rings is 2. The summed E-state index contributed by atoms with van der Waals surface area (Å²) in [5, 5.41) is 2.85. The Bertz CT molecular complexity index is 936. The van der Waals surface area contributed by atoms with Crippen LogP contribution in [0.3, 0.4) is 0 Å². The van der Waals surface area contributed by atoms with Crippen molar-refractivity contribution in [3.63, 3.8) is 0 Å². The fourth-order valence-corrected chi connectivity index (χ4v) is 3.89. The Morgan fingerprint density at radius 1 is 1.10 bits per heavy atom. The van der Waals surface area contributed by atoms with E-state index in [4.69, 9.17) is 14.2 Å². The van der Waals surface area contributed by atoms with Crippen molar-refractivity contribution in [2.75, 3.05) is 47.6 Å². The standard InChI is InChI=1S/C23H27FN2O5/c1-29-11-10-25-22(27)19-14-26(23(28)16-6-4-5-7-20(16)24)13-18(19)17-12-15(30-2)8-9-21(17)31-3/h4-9,12,18-19H,10-11,13-14H2,1-3H3,(H,25,27)/t18-,19-/m1/s1. The molecule has 0 aromatic heterocycles. The zero-order valence-electron chi connectivity index (χ0n) is 17.9. The normalized spacial score (nSPS) is 18.0. The first kappa shape index (κ1) is 22.6. The zero-order chi connectivity index (χ0) is 22.4. The van der Waals surface area contributed by atoms with Crippen LogP contribution in [0.4, 0.5) is 4.39 Å². The number of carbonyl (C=O) groups is 2. The predicted molar refractivity (Wildman–Crippen MR) is 113 cm³/mol. The van der Waals surface area contributed by atoms with Crippen molar-refractivity contribution in [3.8, 4) is 11.5 Å². The van der Waals surface area contributed by atoms with Crippen LogP contribution in [0.5, 0.6) is 11.5 Å². The highest BCUT2D eigenvalue weighted by atomic mass is 19.1. The Labute approximate surface area is 181 Å². The van der Waals surface area contributed by atoms with Gasteiger partial charge in [0, 0.05) is 38.2 Å². The average molecular weight is 430 g/mol. The molecule has 1 aliphatic heterocycles. The lowest BCUT2D eigenvalue weighted by molar-refractivity contribution is -0.125. The van der Waals surface area contributed by atoms with Crippen molar-refractivity contribution in [1.29, 1.82) is 0 Å². The Kier molecular flexibility index (Phi) is 7.46. The summed E-state index contributed by atoms with van der Waals surface area (Å²) in [6, 6.07) is 11.2. The van der Waals surface area contributed by atoms with E-state index in [2.05, 4.69) is 5.32 Å². The van der Waals surface area contributed by atoms with Crippen LogP contribution in [0.15, 0.2) is 42.5 Å². The predicted octanol–water partition coefficient (Wildman–Crippen LogP) is 2.46. The topological polar surface area (TPSA) is 77.1 Å². The number of halogens is 1. The fourth-order valence-electron chi connectivity index (χ4n) is 3.89. The molecule has 0 bridgehead atoms. The highest BCUT2D eigenvalue weighted by Gasteiger charge is 2.42. The molecule has 0 saturated carbocycles. The van der Waals surface area contributed by atoms with Gasteiger partial charge in [0.15, 0.2) is 0 Å².